The Balaban J connectivity index is 1.14. The van der Waals surface area contributed by atoms with Crippen LogP contribution in [0, 0.1) is 17.3 Å². The average Bonchev–Trinajstić information content (AvgIpc) is 3.19. The monoisotopic (exact) mass is 518 g/mol. The van der Waals surface area contributed by atoms with Gasteiger partial charge in [0.1, 0.15) is 6.10 Å². The predicted molar refractivity (Wildman–Crippen MR) is 149 cm³/mol. The summed E-state index contributed by atoms with van der Waals surface area (Å²) in [6.45, 7) is 9.44. The highest BCUT2D eigenvalue weighted by Crippen LogP contribution is 2.55. The van der Waals surface area contributed by atoms with Crippen molar-refractivity contribution in [3.8, 4) is 0 Å². The Bertz CT molecular complexity index is 1160. The Morgan fingerprint density at radius 1 is 1.03 bits per heavy atom. The zero-order valence-electron chi connectivity index (χ0n) is 22.2. The molecule has 2 saturated heterocycles. The van der Waals surface area contributed by atoms with E-state index >= 15 is 0 Å². The first-order valence-electron chi connectivity index (χ1n) is 14.1. The number of esters is 1. The summed E-state index contributed by atoms with van der Waals surface area (Å²) in [5.74, 6) is 0.388. The minimum Gasteiger partial charge on any atom is -0.462 e. The van der Waals surface area contributed by atoms with Crippen LogP contribution in [0.4, 0.5) is 0 Å². The maximum atomic E-state index is 13.1. The highest BCUT2D eigenvalue weighted by Gasteiger charge is 2.53. The second kappa shape index (κ2) is 10.2. The molecule has 5 heteroatoms. The van der Waals surface area contributed by atoms with Gasteiger partial charge in [0.2, 0.25) is 0 Å². The Hall–Kier alpha value is -2.14. The number of hydrogen-bond donors (Lipinski definition) is 0. The average molecular weight is 519 g/mol. The first-order chi connectivity index (χ1) is 17.9. The minimum atomic E-state index is 0.00418. The maximum absolute atomic E-state index is 13.1. The van der Waals surface area contributed by atoms with Crippen molar-refractivity contribution in [2.75, 3.05) is 32.7 Å². The van der Waals surface area contributed by atoms with E-state index in [0.29, 0.717) is 5.92 Å². The van der Waals surface area contributed by atoms with Crippen molar-refractivity contribution < 1.29 is 9.53 Å². The van der Waals surface area contributed by atoms with Crippen molar-refractivity contribution in [2.45, 2.75) is 58.1 Å². The van der Waals surface area contributed by atoms with Gasteiger partial charge in [-0.05, 0) is 67.7 Å². The zero-order chi connectivity index (χ0) is 25.6. The summed E-state index contributed by atoms with van der Waals surface area (Å²) in [5, 5.41) is 0.768. The van der Waals surface area contributed by atoms with E-state index in [4.69, 9.17) is 16.3 Å². The molecular weight excluding hydrogens is 480 g/mol. The number of rotatable bonds is 5. The summed E-state index contributed by atoms with van der Waals surface area (Å²) >= 11 is 6.20. The standard InChI is InChI=1S/C32H39ClN2O2/c1-22-7-6-14-32(2)20-29-26(19-28(22)32)27(31(36)37-29)21-34-15-17-35(18-16-34)30(23-8-4-3-5-9-23)24-10-12-25(33)13-11-24/h3-5,8-13,26-27,29-30H,6-7,14-21H2,1-2H3/t26-,27+,29+,30+,32+/m0/s1. The van der Waals surface area contributed by atoms with Crippen molar-refractivity contribution in [3.63, 3.8) is 0 Å². The lowest BCUT2D eigenvalue weighted by Gasteiger charge is -2.46. The molecule has 2 aliphatic carbocycles. The molecule has 5 atom stereocenters. The van der Waals surface area contributed by atoms with Gasteiger partial charge in [-0.2, -0.15) is 0 Å². The van der Waals surface area contributed by atoms with E-state index in [-0.39, 0.29) is 29.4 Å². The van der Waals surface area contributed by atoms with Gasteiger partial charge in [0.05, 0.1) is 12.0 Å². The normalized spacial score (nSPS) is 31.5. The van der Waals surface area contributed by atoms with Crippen molar-refractivity contribution in [1.29, 1.82) is 0 Å². The van der Waals surface area contributed by atoms with E-state index in [9.17, 15) is 4.79 Å². The van der Waals surface area contributed by atoms with Crippen LogP contribution in [-0.2, 0) is 9.53 Å². The van der Waals surface area contributed by atoms with Crippen molar-refractivity contribution in [1.82, 2.24) is 9.80 Å². The molecule has 4 nitrogen and oxygen atoms in total. The molecule has 0 bridgehead atoms. The van der Waals surface area contributed by atoms with Gasteiger partial charge in [0.15, 0.2) is 0 Å². The van der Waals surface area contributed by atoms with Crippen molar-refractivity contribution in [3.05, 3.63) is 81.9 Å². The Labute approximate surface area is 226 Å². The number of carbonyl (C=O) groups excluding carboxylic acids is 1. The maximum Gasteiger partial charge on any atom is 0.310 e. The fourth-order valence-electron chi connectivity index (χ4n) is 7.70. The third-order valence-corrected chi connectivity index (χ3v) is 9.96. The van der Waals surface area contributed by atoms with Crippen LogP contribution in [-0.4, -0.2) is 54.6 Å². The molecule has 2 aliphatic heterocycles. The molecule has 0 unspecified atom stereocenters. The number of piperazine rings is 1. The highest BCUT2D eigenvalue weighted by molar-refractivity contribution is 6.30. The third kappa shape index (κ3) is 4.89. The largest absolute Gasteiger partial charge is 0.462 e. The van der Waals surface area contributed by atoms with Gasteiger partial charge < -0.3 is 4.74 Å². The van der Waals surface area contributed by atoms with E-state index in [1.165, 1.54) is 30.4 Å². The predicted octanol–water partition coefficient (Wildman–Crippen LogP) is 6.51. The third-order valence-electron chi connectivity index (χ3n) is 9.71. The van der Waals surface area contributed by atoms with E-state index < -0.39 is 0 Å². The van der Waals surface area contributed by atoms with Crippen LogP contribution in [0.5, 0.6) is 0 Å². The molecule has 0 aromatic heterocycles. The first-order valence-corrected chi connectivity index (χ1v) is 14.5. The molecule has 2 aromatic carbocycles. The number of benzene rings is 2. The SMILES string of the molecule is CC1=C2C[C@@H]3[C@@H](C[C@@]2(C)CCC1)OC(=O)[C@@H]3CN1CCN([C@H](c2ccccc2)c2ccc(Cl)cc2)CC1. The molecular formula is C32H39ClN2O2. The number of halogens is 1. The Morgan fingerprint density at radius 3 is 2.46 bits per heavy atom. The minimum absolute atomic E-state index is 0.00418. The molecule has 37 heavy (non-hydrogen) atoms. The summed E-state index contributed by atoms with van der Waals surface area (Å²) in [6.07, 6.45) is 5.90. The Kier molecular flexibility index (Phi) is 6.94. The summed E-state index contributed by atoms with van der Waals surface area (Å²) in [6, 6.07) is 19.3. The Morgan fingerprint density at radius 2 is 1.73 bits per heavy atom. The fourth-order valence-corrected chi connectivity index (χ4v) is 7.82. The fraction of sp³-hybridized carbons (Fsp3) is 0.531. The molecule has 0 amide bonds. The van der Waals surface area contributed by atoms with Gasteiger partial charge in [0.25, 0.3) is 0 Å². The van der Waals surface area contributed by atoms with Crippen LogP contribution in [0.25, 0.3) is 0 Å². The van der Waals surface area contributed by atoms with E-state index in [2.05, 4.69) is 66.1 Å². The van der Waals surface area contributed by atoms with E-state index in [1.54, 1.807) is 11.1 Å². The van der Waals surface area contributed by atoms with Crippen molar-refractivity contribution in [2.24, 2.45) is 17.3 Å². The molecule has 4 aliphatic rings. The summed E-state index contributed by atoms with van der Waals surface area (Å²) in [4.78, 5) is 18.2. The number of carbonyl (C=O) groups is 1. The molecule has 1 saturated carbocycles. The molecule has 6 rings (SSSR count). The second-order valence-corrected chi connectivity index (χ2v) is 12.5. The van der Waals surface area contributed by atoms with Crippen LogP contribution in [0.15, 0.2) is 65.7 Å². The molecule has 0 spiro atoms. The molecule has 2 heterocycles. The lowest BCUT2D eigenvalue weighted by molar-refractivity contribution is -0.145. The van der Waals surface area contributed by atoms with Crippen LogP contribution in [0.1, 0.15) is 63.1 Å². The number of ether oxygens (including phenoxy) is 1. The molecule has 196 valence electrons. The summed E-state index contributed by atoms with van der Waals surface area (Å²) < 4.78 is 6.04. The number of hydrogen-bond acceptors (Lipinski definition) is 4. The van der Waals surface area contributed by atoms with Gasteiger partial charge in [-0.1, -0.05) is 72.1 Å². The molecule has 0 radical (unpaired) electrons. The van der Waals surface area contributed by atoms with Gasteiger partial charge in [-0.3, -0.25) is 14.6 Å². The smallest absolute Gasteiger partial charge is 0.310 e. The number of fused-ring (bicyclic) bond motifs is 2. The zero-order valence-corrected chi connectivity index (χ0v) is 22.9. The lowest BCUT2D eigenvalue weighted by atomic mass is 9.59. The van der Waals surface area contributed by atoms with Crippen molar-refractivity contribution >= 4 is 17.6 Å². The molecule has 0 N–H and O–H groups in total. The summed E-state index contributed by atoms with van der Waals surface area (Å²) in [5.41, 5.74) is 6.03. The quantitative estimate of drug-likeness (QED) is 0.334. The number of allylic oxidation sites excluding steroid dienone is 2. The highest BCUT2D eigenvalue weighted by atomic mass is 35.5. The topological polar surface area (TPSA) is 32.8 Å². The number of nitrogens with zero attached hydrogens (tertiary/aromatic N) is 2. The van der Waals surface area contributed by atoms with Crippen LogP contribution in [0.2, 0.25) is 5.02 Å². The molecule has 2 aromatic rings. The van der Waals surface area contributed by atoms with Crippen LogP contribution < -0.4 is 0 Å². The van der Waals surface area contributed by atoms with Gasteiger partial charge in [-0.25, -0.2) is 0 Å². The van der Waals surface area contributed by atoms with Crippen LogP contribution >= 0.6 is 11.6 Å². The first kappa shape index (κ1) is 25.2. The van der Waals surface area contributed by atoms with Gasteiger partial charge in [-0.15, -0.1) is 0 Å². The van der Waals surface area contributed by atoms with Gasteiger partial charge >= 0.3 is 5.97 Å². The van der Waals surface area contributed by atoms with Crippen LogP contribution in [0.3, 0.4) is 0 Å². The van der Waals surface area contributed by atoms with E-state index in [1.807, 2.05) is 12.1 Å². The molecule has 3 fully saturated rings. The second-order valence-electron chi connectivity index (χ2n) is 12.0. The lowest BCUT2D eigenvalue weighted by Crippen LogP contribution is -2.50. The van der Waals surface area contributed by atoms with E-state index in [0.717, 1.165) is 50.6 Å². The summed E-state index contributed by atoms with van der Waals surface area (Å²) in [7, 11) is 0. The van der Waals surface area contributed by atoms with Gasteiger partial charge in [0, 0.05) is 43.7 Å².